The molecule has 3 aromatic heterocycles. The molecule has 4 aromatic rings. The van der Waals surface area contributed by atoms with Crippen LogP contribution in [0.5, 0.6) is 11.6 Å². The van der Waals surface area contributed by atoms with Gasteiger partial charge in [-0.05, 0) is 28.1 Å². The third-order valence-electron chi connectivity index (χ3n) is 3.20. The van der Waals surface area contributed by atoms with Crippen molar-refractivity contribution in [3.63, 3.8) is 0 Å². The van der Waals surface area contributed by atoms with E-state index in [0.29, 0.717) is 21.9 Å². The fourth-order valence-electron chi connectivity index (χ4n) is 2.21. The van der Waals surface area contributed by atoms with E-state index in [0.717, 1.165) is 16.4 Å². The number of fused-ring (bicyclic) bond motifs is 2. The number of hydrogen-bond donors (Lipinski definition) is 0. The van der Waals surface area contributed by atoms with E-state index in [4.69, 9.17) is 4.74 Å². The van der Waals surface area contributed by atoms with E-state index in [2.05, 4.69) is 41.0 Å². The minimum Gasteiger partial charge on any atom is -0.438 e. The van der Waals surface area contributed by atoms with E-state index < -0.39 is 0 Å². The summed E-state index contributed by atoms with van der Waals surface area (Å²) in [7, 11) is 1.81. The summed E-state index contributed by atoms with van der Waals surface area (Å²) < 4.78 is 8.20. The van der Waals surface area contributed by atoms with Crippen LogP contribution in [0.1, 0.15) is 0 Å². The zero-order chi connectivity index (χ0) is 15.1. The molecule has 108 valence electrons. The molecule has 0 aliphatic heterocycles. The molecule has 0 aliphatic carbocycles. The van der Waals surface area contributed by atoms with Crippen LogP contribution >= 0.6 is 15.9 Å². The highest BCUT2D eigenvalue weighted by Crippen LogP contribution is 2.32. The van der Waals surface area contributed by atoms with Gasteiger partial charge in [0.2, 0.25) is 5.88 Å². The van der Waals surface area contributed by atoms with Gasteiger partial charge in [0.25, 0.3) is 0 Å². The fourth-order valence-corrected chi connectivity index (χ4v) is 2.80. The van der Waals surface area contributed by atoms with Crippen molar-refractivity contribution < 1.29 is 4.74 Å². The van der Waals surface area contributed by atoms with Crippen molar-refractivity contribution in [3.8, 4) is 11.6 Å². The average Bonchev–Trinajstić information content (AvgIpc) is 2.83. The first-order valence-corrected chi connectivity index (χ1v) is 7.23. The minimum atomic E-state index is 0.438. The molecule has 0 saturated heterocycles. The number of rotatable bonds is 2. The molecule has 0 spiro atoms. The third kappa shape index (κ3) is 2.08. The number of aryl methyl sites for hydroxylation is 1. The number of halogens is 1. The Bertz CT molecular complexity index is 999. The molecule has 0 N–H and O–H groups in total. The van der Waals surface area contributed by atoms with Crippen molar-refractivity contribution in [3.05, 3.63) is 41.5 Å². The van der Waals surface area contributed by atoms with E-state index in [1.807, 2.05) is 25.2 Å². The molecule has 0 fully saturated rings. The fraction of sp³-hybridized carbons (Fsp3) is 0.0714. The Morgan fingerprint density at radius 2 is 1.86 bits per heavy atom. The van der Waals surface area contributed by atoms with E-state index in [9.17, 15) is 0 Å². The highest BCUT2D eigenvalue weighted by molar-refractivity contribution is 9.10. The quantitative estimate of drug-likeness (QED) is 0.549. The summed E-state index contributed by atoms with van der Waals surface area (Å²) in [5.41, 5.74) is 2.26. The summed E-state index contributed by atoms with van der Waals surface area (Å²) in [6.45, 7) is 0. The Hall–Kier alpha value is -2.61. The van der Waals surface area contributed by atoms with Gasteiger partial charge in [0.05, 0.1) is 11.0 Å². The van der Waals surface area contributed by atoms with Gasteiger partial charge < -0.3 is 4.74 Å². The summed E-state index contributed by atoms with van der Waals surface area (Å²) >= 11 is 3.41. The molecular weight excluding hydrogens is 348 g/mol. The van der Waals surface area contributed by atoms with Crippen LogP contribution in [-0.4, -0.2) is 29.7 Å². The topological polar surface area (TPSA) is 78.6 Å². The highest BCUT2D eigenvalue weighted by atomic mass is 79.9. The first kappa shape index (κ1) is 13.1. The summed E-state index contributed by atoms with van der Waals surface area (Å²) in [5, 5.41) is 5.00. The molecular formula is C14H9BrN6O. The lowest BCUT2D eigenvalue weighted by molar-refractivity contribution is 0.468. The largest absolute Gasteiger partial charge is 0.438 e. The summed E-state index contributed by atoms with van der Waals surface area (Å²) in [6, 6.07) is 5.50. The Kier molecular flexibility index (Phi) is 2.97. The standard InChI is InChI=1S/C14H9BrN6O/c1-21-13-11(12(15)20-21)14(19-7-18-13)22-8-2-3-9-10(6-8)17-5-4-16-9/h2-7H,1H3. The van der Waals surface area contributed by atoms with E-state index >= 15 is 0 Å². The monoisotopic (exact) mass is 356 g/mol. The van der Waals surface area contributed by atoms with Crippen molar-refractivity contribution in [2.24, 2.45) is 7.05 Å². The maximum absolute atomic E-state index is 5.89. The molecule has 0 radical (unpaired) electrons. The van der Waals surface area contributed by atoms with Gasteiger partial charge in [-0.3, -0.25) is 9.97 Å². The molecule has 0 amide bonds. The Morgan fingerprint density at radius 1 is 1.05 bits per heavy atom. The van der Waals surface area contributed by atoms with Crippen molar-refractivity contribution in [2.75, 3.05) is 0 Å². The van der Waals surface area contributed by atoms with Crippen LogP contribution in [0.2, 0.25) is 0 Å². The number of nitrogens with zero attached hydrogens (tertiary/aromatic N) is 6. The van der Waals surface area contributed by atoms with Gasteiger partial charge >= 0.3 is 0 Å². The minimum absolute atomic E-state index is 0.438. The van der Waals surface area contributed by atoms with Crippen LogP contribution in [0.3, 0.4) is 0 Å². The number of ether oxygens (including phenoxy) is 1. The highest BCUT2D eigenvalue weighted by Gasteiger charge is 2.15. The van der Waals surface area contributed by atoms with Gasteiger partial charge in [0.1, 0.15) is 22.1 Å². The molecule has 7 nitrogen and oxygen atoms in total. The van der Waals surface area contributed by atoms with Crippen LogP contribution in [0.25, 0.3) is 22.1 Å². The zero-order valence-corrected chi connectivity index (χ0v) is 13.0. The lowest BCUT2D eigenvalue weighted by Gasteiger charge is -2.06. The summed E-state index contributed by atoms with van der Waals surface area (Å²) in [4.78, 5) is 16.9. The summed E-state index contributed by atoms with van der Waals surface area (Å²) in [5.74, 6) is 1.07. The molecule has 0 unspecified atom stereocenters. The van der Waals surface area contributed by atoms with Gasteiger partial charge in [-0.25, -0.2) is 14.6 Å². The Balaban J connectivity index is 1.82. The summed E-state index contributed by atoms with van der Waals surface area (Å²) in [6.07, 6.45) is 4.75. The van der Waals surface area contributed by atoms with Gasteiger partial charge in [-0.15, -0.1) is 0 Å². The molecule has 8 heteroatoms. The SMILES string of the molecule is Cn1nc(Br)c2c(Oc3ccc4nccnc4c3)ncnc21. The van der Waals surface area contributed by atoms with E-state index in [1.165, 1.54) is 6.33 Å². The van der Waals surface area contributed by atoms with Gasteiger partial charge in [-0.1, -0.05) is 0 Å². The first-order chi connectivity index (χ1) is 10.7. The molecule has 1 aromatic carbocycles. The normalized spacial score (nSPS) is 11.2. The van der Waals surface area contributed by atoms with Crippen LogP contribution in [0.4, 0.5) is 0 Å². The number of hydrogen-bond acceptors (Lipinski definition) is 6. The molecule has 22 heavy (non-hydrogen) atoms. The second-order valence-electron chi connectivity index (χ2n) is 4.60. The van der Waals surface area contributed by atoms with Crippen LogP contribution < -0.4 is 4.74 Å². The number of benzene rings is 1. The number of aromatic nitrogens is 6. The maximum atomic E-state index is 5.89. The Morgan fingerprint density at radius 3 is 2.73 bits per heavy atom. The molecule has 0 atom stereocenters. The van der Waals surface area contributed by atoms with E-state index in [-0.39, 0.29) is 0 Å². The predicted octanol–water partition coefficient (Wildman–Crippen LogP) is 2.86. The van der Waals surface area contributed by atoms with Crippen molar-refractivity contribution >= 4 is 38.0 Å². The smallest absolute Gasteiger partial charge is 0.234 e. The second-order valence-corrected chi connectivity index (χ2v) is 5.35. The van der Waals surface area contributed by atoms with Crippen LogP contribution in [-0.2, 0) is 7.05 Å². The van der Waals surface area contributed by atoms with E-state index in [1.54, 1.807) is 17.1 Å². The first-order valence-electron chi connectivity index (χ1n) is 6.44. The molecule has 0 bridgehead atoms. The lowest BCUT2D eigenvalue weighted by atomic mass is 10.3. The van der Waals surface area contributed by atoms with Gasteiger partial charge in [0, 0.05) is 25.5 Å². The maximum Gasteiger partial charge on any atom is 0.234 e. The van der Waals surface area contributed by atoms with Gasteiger partial charge in [-0.2, -0.15) is 5.10 Å². The van der Waals surface area contributed by atoms with Crippen LogP contribution in [0.15, 0.2) is 41.5 Å². The van der Waals surface area contributed by atoms with Crippen molar-refractivity contribution in [2.45, 2.75) is 0 Å². The zero-order valence-electron chi connectivity index (χ0n) is 11.4. The molecule has 4 rings (SSSR count). The predicted molar refractivity (Wildman–Crippen MR) is 83.6 cm³/mol. The molecule has 0 saturated carbocycles. The van der Waals surface area contributed by atoms with Crippen molar-refractivity contribution in [1.82, 2.24) is 29.7 Å². The Labute approximate surface area is 133 Å². The van der Waals surface area contributed by atoms with Crippen LogP contribution in [0, 0.1) is 0 Å². The van der Waals surface area contributed by atoms with Gasteiger partial charge in [0.15, 0.2) is 5.65 Å². The molecule has 0 aliphatic rings. The van der Waals surface area contributed by atoms with Crippen molar-refractivity contribution in [1.29, 1.82) is 0 Å². The second kappa shape index (κ2) is 4.99. The lowest BCUT2D eigenvalue weighted by Crippen LogP contribution is -1.94. The third-order valence-corrected chi connectivity index (χ3v) is 3.75. The molecule has 3 heterocycles. The average molecular weight is 357 g/mol.